The first kappa shape index (κ1) is 20.0. The van der Waals surface area contributed by atoms with Gasteiger partial charge in [0.1, 0.15) is 11.8 Å². The number of benzene rings is 1. The van der Waals surface area contributed by atoms with E-state index in [-0.39, 0.29) is 19.0 Å². The fourth-order valence-corrected chi connectivity index (χ4v) is 4.30. The van der Waals surface area contributed by atoms with Crippen molar-refractivity contribution in [1.29, 1.82) is 0 Å². The summed E-state index contributed by atoms with van der Waals surface area (Å²) in [6.45, 7) is 2.34. The van der Waals surface area contributed by atoms with Crippen LogP contribution in [0.3, 0.4) is 0 Å². The first-order valence-corrected chi connectivity index (χ1v) is 10.4. The molecule has 1 aromatic carbocycles. The van der Waals surface area contributed by atoms with E-state index in [0.29, 0.717) is 40.8 Å². The molecule has 0 radical (unpaired) electrons. The van der Waals surface area contributed by atoms with Gasteiger partial charge in [-0.3, -0.25) is 9.88 Å². The molecule has 10 heteroatoms. The van der Waals surface area contributed by atoms with Gasteiger partial charge in [-0.05, 0) is 24.4 Å². The lowest BCUT2D eigenvalue weighted by molar-refractivity contribution is 0.0114. The molecule has 160 valence electrons. The Morgan fingerprint density at radius 2 is 2.16 bits per heavy atom. The number of aromatic amines is 1. The molecule has 7 nitrogen and oxygen atoms in total. The summed E-state index contributed by atoms with van der Waals surface area (Å²) >= 11 is 6.47. The summed E-state index contributed by atoms with van der Waals surface area (Å²) < 4.78 is 27.4. The number of halogens is 3. The van der Waals surface area contributed by atoms with Gasteiger partial charge in [-0.2, -0.15) is 0 Å². The van der Waals surface area contributed by atoms with Crippen molar-refractivity contribution in [2.24, 2.45) is 0 Å². The fraction of sp³-hybridized carbons (Fsp3) is 0.333. The van der Waals surface area contributed by atoms with Crippen LogP contribution in [0.4, 0.5) is 14.6 Å². The second-order valence-electron chi connectivity index (χ2n) is 7.84. The summed E-state index contributed by atoms with van der Waals surface area (Å²) in [6.07, 6.45) is 2.89. The van der Waals surface area contributed by atoms with Crippen molar-refractivity contribution in [3.63, 3.8) is 0 Å². The highest BCUT2D eigenvalue weighted by molar-refractivity contribution is 6.35. The van der Waals surface area contributed by atoms with E-state index < -0.39 is 5.92 Å². The molecule has 4 heterocycles. The Morgan fingerprint density at radius 3 is 2.97 bits per heavy atom. The van der Waals surface area contributed by atoms with Crippen LogP contribution in [0, 0.1) is 0 Å². The molecule has 0 saturated carbocycles. The van der Waals surface area contributed by atoms with Crippen molar-refractivity contribution in [2.75, 3.05) is 18.4 Å². The number of anilines is 1. The Morgan fingerprint density at radius 1 is 1.29 bits per heavy atom. The Kier molecular flexibility index (Phi) is 4.94. The lowest BCUT2D eigenvalue weighted by Gasteiger charge is -2.20. The van der Waals surface area contributed by atoms with E-state index in [2.05, 4.69) is 25.3 Å². The van der Waals surface area contributed by atoms with Crippen molar-refractivity contribution in [2.45, 2.75) is 31.9 Å². The molecule has 1 aliphatic rings. The van der Waals surface area contributed by atoms with Crippen molar-refractivity contribution in [3.05, 3.63) is 53.3 Å². The molecule has 4 aromatic rings. The average molecular weight is 444 g/mol. The summed E-state index contributed by atoms with van der Waals surface area (Å²) in [7, 11) is 0. The normalized spacial score (nSPS) is 17.4. The number of pyridine rings is 1. The molecule has 31 heavy (non-hydrogen) atoms. The van der Waals surface area contributed by atoms with Gasteiger partial charge < -0.3 is 10.3 Å². The molecule has 0 amide bonds. The highest BCUT2D eigenvalue weighted by Crippen LogP contribution is 2.33. The maximum absolute atomic E-state index is 13.7. The number of nitrogens with zero attached hydrogens (tertiary/aromatic N) is 5. The van der Waals surface area contributed by atoms with Gasteiger partial charge in [0, 0.05) is 24.9 Å². The number of hydrogen-bond donors (Lipinski definition) is 2. The standard InChI is InChI=1S/C21H20ClF2N7/c1-12(29-20-18-19(26-10-25-18)27-11-28-20)15-7-13-3-2-4-14(22)17(13)16(30-15)8-31-6-5-21(23,24)9-31/h2-4,7,10-12H,5-6,8-9H2,1H3,(H2,25,26,27,28,29)/t12-/m0/s1. The van der Waals surface area contributed by atoms with Gasteiger partial charge in [0.05, 0.1) is 35.3 Å². The minimum Gasteiger partial charge on any atom is -0.360 e. The highest BCUT2D eigenvalue weighted by Gasteiger charge is 2.38. The third kappa shape index (κ3) is 3.90. The smallest absolute Gasteiger partial charge is 0.261 e. The molecule has 1 saturated heterocycles. The Balaban J connectivity index is 1.50. The SMILES string of the molecule is C[C@H](Nc1ncnc2[nH]cnc12)c1cc2cccc(Cl)c2c(CN2CCC(F)(F)C2)n1. The topological polar surface area (TPSA) is 82.6 Å². The van der Waals surface area contributed by atoms with E-state index in [1.807, 2.05) is 25.1 Å². The molecular formula is C21H20ClF2N7. The van der Waals surface area contributed by atoms with Crippen LogP contribution in [0.5, 0.6) is 0 Å². The Hall–Kier alpha value is -2.91. The van der Waals surface area contributed by atoms with E-state index in [9.17, 15) is 8.78 Å². The van der Waals surface area contributed by atoms with Gasteiger partial charge >= 0.3 is 0 Å². The summed E-state index contributed by atoms with van der Waals surface area (Å²) in [5.41, 5.74) is 2.73. The van der Waals surface area contributed by atoms with Crippen molar-refractivity contribution < 1.29 is 8.78 Å². The summed E-state index contributed by atoms with van der Waals surface area (Å²) in [4.78, 5) is 22.2. The van der Waals surface area contributed by atoms with Crippen molar-refractivity contribution in [3.8, 4) is 0 Å². The van der Waals surface area contributed by atoms with Crippen LogP contribution in [-0.4, -0.2) is 48.8 Å². The largest absolute Gasteiger partial charge is 0.360 e. The molecule has 0 aliphatic carbocycles. The first-order chi connectivity index (χ1) is 14.9. The lowest BCUT2D eigenvalue weighted by atomic mass is 10.1. The zero-order valence-corrected chi connectivity index (χ0v) is 17.5. The first-order valence-electron chi connectivity index (χ1n) is 9.98. The third-order valence-corrected chi connectivity index (χ3v) is 5.85. The van der Waals surface area contributed by atoms with Crippen LogP contribution in [0.2, 0.25) is 5.02 Å². The number of fused-ring (bicyclic) bond motifs is 2. The number of likely N-dealkylation sites (tertiary alicyclic amines) is 1. The van der Waals surface area contributed by atoms with Gasteiger partial charge in [0.25, 0.3) is 5.92 Å². The zero-order chi connectivity index (χ0) is 21.6. The van der Waals surface area contributed by atoms with E-state index >= 15 is 0 Å². The fourth-order valence-electron chi connectivity index (χ4n) is 4.01. The molecule has 3 aromatic heterocycles. The van der Waals surface area contributed by atoms with Crippen LogP contribution < -0.4 is 5.32 Å². The van der Waals surface area contributed by atoms with Gasteiger partial charge in [-0.1, -0.05) is 23.7 Å². The maximum atomic E-state index is 13.7. The van der Waals surface area contributed by atoms with E-state index in [4.69, 9.17) is 16.6 Å². The molecule has 5 rings (SSSR count). The minimum absolute atomic E-state index is 0.135. The van der Waals surface area contributed by atoms with Crippen molar-refractivity contribution in [1.82, 2.24) is 29.8 Å². The maximum Gasteiger partial charge on any atom is 0.261 e. The lowest BCUT2D eigenvalue weighted by Crippen LogP contribution is -2.25. The molecule has 0 spiro atoms. The van der Waals surface area contributed by atoms with Gasteiger partial charge in [-0.15, -0.1) is 0 Å². The number of imidazole rings is 1. The highest BCUT2D eigenvalue weighted by atomic mass is 35.5. The average Bonchev–Trinajstić information content (AvgIpc) is 3.34. The summed E-state index contributed by atoms with van der Waals surface area (Å²) in [5.74, 6) is -2.07. The molecule has 2 N–H and O–H groups in total. The van der Waals surface area contributed by atoms with Crippen LogP contribution in [0.25, 0.3) is 21.9 Å². The second-order valence-corrected chi connectivity index (χ2v) is 8.24. The number of hydrogen-bond acceptors (Lipinski definition) is 6. The summed E-state index contributed by atoms with van der Waals surface area (Å²) in [6, 6.07) is 7.38. The van der Waals surface area contributed by atoms with Gasteiger partial charge in [0.2, 0.25) is 0 Å². The van der Waals surface area contributed by atoms with Crippen LogP contribution in [0.1, 0.15) is 30.8 Å². The van der Waals surface area contributed by atoms with Crippen LogP contribution in [-0.2, 0) is 6.54 Å². The van der Waals surface area contributed by atoms with Crippen LogP contribution >= 0.6 is 11.6 Å². The van der Waals surface area contributed by atoms with E-state index in [1.165, 1.54) is 6.33 Å². The monoisotopic (exact) mass is 443 g/mol. The molecule has 0 bridgehead atoms. The predicted molar refractivity (Wildman–Crippen MR) is 115 cm³/mol. The Bertz CT molecular complexity index is 1260. The van der Waals surface area contributed by atoms with Crippen molar-refractivity contribution >= 4 is 39.4 Å². The zero-order valence-electron chi connectivity index (χ0n) is 16.7. The van der Waals surface area contributed by atoms with E-state index in [1.54, 1.807) is 17.3 Å². The number of H-pyrrole nitrogens is 1. The Labute approximate surface area is 181 Å². The number of nitrogens with one attached hydrogen (secondary N) is 2. The van der Waals surface area contributed by atoms with Gasteiger partial charge in [0.15, 0.2) is 11.5 Å². The van der Waals surface area contributed by atoms with E-state index in [0.717, 1.165) is 16.5 Å². The molecule has 1 aliphatic heterocycles. The quantitative estimate of drug-likeness (QED) is 0.470. The molecule has 1 fully saturated rings. The number of rotatable bonds is 5. The third-order valence-electron chi connectivity index (χ3n) is 5.54. The minimum atomic E-state index is -2.66. The molecule has 0 unspecified atom stereocenters. The number of aromatic nitrogens is 5. The number of alkyl halides is 2. The summed E-state index contributed by atoms with van der Waals surface area (Å²) in [5, 5.41) is 5.61. The van der Waals surface area contributed by atoms with Gasteiger partial charge in [-0.25, -0.2) is 23.7 Å². The predicted octanol–water partition coefficient (Wildman–Crippen LogP) is 4.57. The molecule has 1 atom stereocenters. The van der Waals surface area contributed by atoms with Crippen LogP contribution in [0.15, 0.2) is 36.9 Å². The second kappa shape index (κ2) is 7.65. The molecular weight excluding hydrogens is 424 g/mol.